The molecule has 1 amide bonds. The van der Waals surface area contributed by atoms with E-state index in [2.05, 4.69) is 15.5 Å². The Labute approximate surface area is 138 Å². The number of amides is 1. The Balaban J connectivity index is 1.38. The molecule has 4 rings (SSSR count). The molecule has 0 aromatic carbocycles. The second-order valence-electron chi connectivity index (χ2n) is 5.95. The maximum atomic E-state index is 12.4. The Morgan fingerprint density at radius 2 is 2.17 bits per heavy atom. The summed E-state index contributed by atoms with van der Waals surface area (Å²) in [6.07, 6.45) is 2.93. The van der Waals surface area contributed by atoms with Crippen LogP contribution in [0.2, 0.25) is 0 Å². The molecule has 7 heteroatoms. The zero-order valence-electron chi connectivity index (χ0n) is 12.7. The molecule has 6 nitrogen and oxygen atoms in total. The minimum Gasteiger partial charge on any atom is -0.373 e. The van der Waals surface area contributed by atoms with Gasteiger partial charge < -0.3 is 14.8 Å². The molecule has 2 aromatic heterocycles. The van der Waals surface area contributed by atoms with Crippen molar-refractivity contribution in [3.8, 4) is 10.6 Å². The Morgan fingerprint density at radius 3 is 3.00 bits per heavy atom. The van der Waals surface area contributed by atoms with Gasteiger partial charge in [-0.1, -0.05) is 6.07 Å². The third-order valence-corrected chi connectivity index (χ3v) is 5.31. The van der Waals surface area contributed by atoms with E-state index in [0.29, 0.717) is 18.9 Å². The van der Waals surface area contributed by atoms with Crippen molar-refractivity contribution in [1.29, 1.82) is 0 Å². The molecule has 3 heterocycles. The first-order valence-electron chi connectivity index (χ1n) is 7.93. The summed E-state index contributed by atoms with van der Waals surface area (Å²) in [4.78, 5) is 13.5. The summed E-state index contributed by atoms with van der Waals surface area (Å²) in [7, 11) is 0. The smallest absolute Gasteiger partial charge is 0.272 e. The number of aromatic amines is 1. The van der Waals surface area contributed by atoms with Gasteiger partial charge in [-0.25, -0.2) is 0 Å². The van der Waals surface area contributed by atoms with Crippen LogP contribution >= 0.6 is 11.3 Å². The Kier molecular flexibility index (Phi) is 4.15. The number of hydrogen-bond acceptors (Lipinski definition) is 5. The fourth-order valence-corrected chi connectivity index (χ4v) is 3.95. The summed E-state index contributed by atoms with van der Waals surface area (Å²) >= 11 is 1.62. The summed E-state index contributed by atoms with van der Waals surface area (Å²) < 4.78 is 11.5. The fourth-order valence-electron chi connectivity index (χ4n) is 3.25. The number of hydrogen-bond donors (Lipinski definition) is 2. The van der Waals surface area contributed by atoms with Gasteiger partial charge in [0, 0.05) is 6.04 Å². The largest absolute Gasteiger partial charge is 0.373 e. The molecule has 1 aliphatic heterocycles. The van der Waals surface area contributed by atoms with E-state index in [1.54, 1.807) is 17.4 Å². The van der Waals surface area contributed by atoms with Crippen molar-refractivity contribution < 1.29 is 14.3 Å². The lowest BCUT2D eigenvalue weighted by Gasteiger charge is -2.38. The van der Waals surface area contributed by atoms with E-state index >= 15 is 0 Å². The van der Waals surface area contributed by atoms with Crippen molar-refractivity contribution in [2.75, 3.05) is 13.2 Å². The lowest BCUT2D eigenvalue weighted by molar-refractivity contribution is -0.157. The number of nitrogens with zero attached hydrogens (tertiary/aromatic N) is 1. The summed E-state index contributed by atoms with van der Waals surface area (Å²) in [5.41, 5.74) is 1.30. The Morgan fingerprint density at radius 1 is 1.30 bits per heavy atom. The number of rotatable bonds is 3. The Bertz CT molecular complexity index is 670. The van der Waals surface area contributed by atoms with Crippen molar-refractivity contribution in [1.82, 2.24) is 15.5 Å². The maximum absolute atomic E-state index is 12.4. The van der Waals surface area contributed by atoms with E-state index in [9.17, 15) is 4.79 Å². The average Bonchev–Trinajstić information content (AvgIpc) is 3.26. The zero-order valence-corrected chi connectivity index (χ0v) is 13.5. The summed E-state index contributed by atoms with van der Waals surface area (Å²) in [5.74, 6) is -0.135. The van der Waals surface area contributed by atoms with Crippen molar-refractivity contribution in [2.45, 2.75) is 37.5 Å². The van der Waals surface area contributed by atoms with Crippen LogP contribution in [0.5, 0.6) is 0 Å². The molecule has 2 N–H and O–H groups in total. The molecule has 2 fully saturated rings. The number of ether oxygens (including phenoxy) is 2. The molecule has 2 aromatic rings. The molecule has 23 heavy (non-hydrogen) atoms. The van der Waals surface area contributed by atoms with Crippen molar-refractivity contribution in [2.24, 2.45) is 0 Å². The highest BCUT2D eigenvalue weighted by Gasteiger charge is 2.34. The van der Waals surface area contributed by atoms with Crippen LogP contribution in [0.15, 0.2) is 23.6 Å². The molecule has 122 valence electrons. The molecule has 3 unspecified atom stereocenters. The Hall–Kier alpha value is -1.70. The molecule has 1 saturated heterocycles. The number of nitrogens with one attached hydrogen (secondary N) is 2. The van der Waals surface area contributed by atoms with E-state index in [-0.39, 0.29) is 24.2 Å². The second kappa shape index (κ2) is 6.43. The van der Waals surface area contributed by atoms with E-state index < -0.39 is 0 Å². The maximum Gasteiger partial charge on any atom is 0.272 e. The number of carbonyl (C=O) groups is 1. The summed E-state index contributed by atoms with van der Waals surface area (Å²) in [6.45, 7) is 1.32. The van der Waals surface area contributed by atoms with Crippen LogP contribution in [0.3, 0.4) is 0 Å². The summed E-state index contributed by atoms with van der Waals surface area (Å²) in [5, 5.41) is 12.1. The van der Waals surface area contributed by atoms with Gasteiger partial charge in [-0.3, -0.25) is 9.89 Å². The predicted molar refractivity (Wildman–Crippen MR) is 86.5 cm³/mol. The van der Waals surface area contributed by atoms with Crippen LogP contribution in [-0.2, 0) is 9.47 Å². The highest BCUT2D eigenvalue weighted by Crippen LogP contribution is 2.27. The molecular weight excluding hydrogens is 314 g/mol. The molecule has 0 bridgehead atoms. The third-order valence-electron chi connectivity index (χ3n) is 4.41. The normalized spacial score (nSPS) is 27.4. The second-order valence-corrected chi connectivity index (χ2v) is 6.89. The van der Waals surface area contributed by atoms with Crippen LogP contribution in [0.25, 0.3) is 10.6 Å². The van der Waals surface area contributed by atoms with Crippen molar-refractivity contribution in [3.05, 3.63) is 29.3 Å². The van der Waals surface area contributed by atoms with E-state index in [0.717, 1.165) is 29.8 Å². The number of fused-ring (bicyclic) bond motifs is 1. The van der Waals surface area contributed by atoms with Gasteiger partial charge in [0.15, 0.2) is 5.69 Å². The first-order valence-corrected chi connectivity index (χ1v) is 8.81. The summed E-state index contributed by atoms with van der Waals surface area (Å²) in [6, 6.07) is 5.90. The highest BCUT2D eigenvalue weighted by atomic mass is 32.1. The van der Waals surface area contributed by atoms with Gasteiger partial charge in [0.25, 0.3) is 5.91 Å². The highest BCUT2D eigenvalue weighted by molar-refractivity contribution is 7.13. The van der Waals surface area contributed by atoms with E-state index in [1.807, 2.05) is 17.5 Å². The molecule has 0 spiro atoms. The molecule has 3 atom stereocenters. The molecule has 0 radical (unpaired) electrons. The number of carbonyl (C=O) groups excluding carboxylic acids is 1. The van der Waals surface area contributed by atoms with Gasteiger partial charge >= 0.3 is 0 Å². The van der Waals surface area contributed by atoms with Gasteiger partial charge in [0.05, 0.1) is 36.0 Å². The molecule has 2 aliphatic rings. The van der Waals surface area contributed by atoms with Gasteiger partial charge in [-0.15, -0.1) is 11.3 Å². The minimum absolute atomic E-state index is 0.101. The van der Waals surface area contributed by atoms with Crippen molar-refractivity contribution in [3.63, 3.8) is 0 Å². The van der Waals surface area contributed by atoms with E-state index in [4.69, 9.17) is 9.47 Å². The van der Waals surface area contributed by atoms with Gasteiger partial charge in [0.2, 0.25) is 0 Å². The van der Waals surface area contributed by atoms with Gasteiger partial charge in [-0.05, 0) is 36.8 Å². The van der Waals surface area contributed by atoms with E-state index in [1.165, 1.54) is 0 Å². The van der Waals surface area contributed by atoms with Crippen LogP contribution in [0.4, 0.5) is 0 Å². The topological polar surface area (TPSA) is 76.2 Å². The van der Waals surface area contributed by atoms with Crippen LogP contribution < -0.4 is 5.32 Å². The quantitative estimate of drug-likeness (QED) is 0.903. The lowest BCUT2D eigenvalue weighted by atomic mass is 9.89. The van der Waals surface area contributed by atoms with Crippen molar-refractivity contribution >= 4 is 17.2 Å². The fraction of sp³-hybridized carbons (Fsp3) is 0.500. The molecule has 1 aliphatic carbocycles. The predicted octanol–water partition coefficient (Wildman–Crippen LogP) is 2.20. The monoisotopic (exact) mass is 333 g/mol. The standard InChI is InChI=1S/C16H19N3O3S/c20-16(12-9-11(18-19-12)15-2-1-7-23-15)17-10-3-4-13-14(8-10)22-6-5-21-13/h1-2,7,9-10,13-14H,3-6,8H2,(H,17,20)(H,18,19). The average molecular weight is 333 g/mol. The third kappa shape index (κ3) is 3.17. The van der Waals surface area contributed by atoms with Gasteiger partial charge in [0.1, 0.15) is 0 Å². The van der Waals surface area contributed by atoms with Gasteiger partial charge in [-0.2, -0.15) is 5.10 Å². The van der Waals surface area contributed by atoms with Crippen LogP contribution in [0, 0.1) is 0 Å². The lowest BCUT2D eigenvalue weighted by Crippen LogP contribution is -2.49. The first kappa shape index (κ1) is 14.9. The molecular formula is C16H19N3O3S. The SMILES string of the molecule is O=C(NC1CCC2OCCOC2C1)c1cc(-c2cccs2)[nH]n1. The number of thiophene rings is 1. The van der Waals surface area contributed by atoms with Crippen LogP contribution in [-0.4, -0.2) is 47.6 Å². The first-order chi connectivity index (χ1) is 11.3. The minimum atomic E-state index is -0.135. The zero-order chi connectivity index (χ0) is 15.6. The number of H-pyrrole nitrogens is 1. The number of aromatic nitrogens is 2. The molecule has 1 saturated carbocycles. The van der Waals surface area contributed by atoms with Crippen LogP contribution in [0.1, 0.15) is 29.8 Å².